The third-order valence-electron chi connectivity index (χ3n) is 3.91. The third kappa shape index (κ3) is 3.17. The molecule has 0 radical (unpaired) electrons. The zero-order chi connectivity index (χ0) is 17.1. The Morgan fingerprint density at radius 3 is 2.58 bits per heavy atom. The highest BCUT2D eigenvalue weighted by atomic mass is 16.2. The second-order valence-corrected chi connectivity index (χ2v) is 5.85. The SMILES string of the molecule is CC(C)C(C)n1nccc1NC(=O)c1cccc(-n2cnnc2)n1. The third-order valence-corrected chi connectivity index (χ3v) is 3.91. The molecule has 0 bridgehead atoms. The minimum atomic E-state index is -0.289. The Hall–Kier alpha value is -3.03. The number of carbonyl (C=O) groups is 1. The summed E-state index contributed by atoms with van der Waals surface area (Å²) in [6.45, 7) is 6.29. The van der Waals surface area contributed by atoms with Gasteiger partial charge in [-0.25, -0.2) is 9.67 Å². The van der Waals surface area contributed by atoms with Gasteiger partial charge in [0.05, 0.1) is 12.2 Å². The molecule has 1 unspecified atom stereocenters. The van der Waals surface area contributed by atoms with Crippen LogP contribution in [0.5, 0.6) is 0 Å². The number of nitrogens with zero attached hydrogens (tertiary/aromatic N) is 6. The molecule has 3 rings (SSSR count). The Bertz CT molecular complexity index is 823. The van der Waals surface area contributed by atoms with Gasteiger partial charge in [-0.1, -0.05) is 19.9 Å². The first kappa shape index (κ1) is 15.9. The van der Waals surface area contributed by atoms with E-state index in [0.717, 1.165) is 0 Å². The summed E-state index contributed by atoms with van der Waals surface area (Å²) in [5, 5.41) is 14.7. The molecule has 0 spiro atoms. The van der Waals surface area contributed by atoms with Crippen molar-refractivity contribution in [3.63, 3.8) is 0 Å². The standard InChI is InChI=1S/C16H19N7O/c1-11(2)12(3)23-15(7-8-19-23)21-16(24)13-5-4-6-14(20-13)22-9-17-18-10-22/h4-12H,1-3H3,(H,21,24). The van der Waals surface area contributed by atoms with Gasteiger partial charge >= 0.3 is 0 Å². The monoisotopic (exact) mass is 325 g/mol. The molecule has 3 aromatic heterocycles. The average Bonchev–Trinajstić information content (AvgIpc) is 3.26. The van der Waals surface area contributed by atoms with E-state index in [1.165, 1.54) is 12.7 Å². The topological polar surface area (TPSA) is 90.5 Å². The molecule has 0 aromatic carbocycles. The number of nitrogens with one attached hydrogen (secondary N) is 1. The Morgan fingerprint density at radius 2 is 1.88 bits per heavy atom. The number of hydrogen-bond acceptors (Lipinski definition) is 5. The van der Waals surface area contributed by atoms with Crippen molar-refractivity contribution in [2.24, 2.45) is 5.92 Å². The lowest BCUT2D eigenvalue weighted by Gasteiger charge is -2.19. The van der Waals surface area contributed by atoms with Crippen LogP contribution in [0.2, 0.25) is 0 Å². The van der Waals surface area contributed by atoms with Crippen molar-refractivity contribution < 1.29 is 4.79 Å². The molecule has 124 valence electrons. The van der Waals surface area contributed by atoms with Crippen LogP contribution >= 0.6 is 0 Å². The predicted octanol–water partition coefficient (Wildman–Crippen LogP) is 2.33. The lowest BCUT2D eigenvalue weighted by atomic mass is 10.1. The summed E-state index contributed by atoms with van der Waals surface area (Å²) in [4.78, 5) is 16.9. The van der Waals surface area contributed by atoms with Gasteiger partial charge in [0.25, 0.3) is 5.91 Å². The average molecular weight is 325 g/mol. The zero-order valence-corrected chi connectivity index (χ0v) is 13.8. The van der Waals surface area contributed by atoms with Gasteiger partial charge in [-0.2, -0.15) is 5.10 Å². The first-order valence-corrected chi connectivity index (χ1v) is 7.73. The van der Waals surface area contributed by atoms with Crippen LogP contribution in [0.25, 0.3) is 5.82 Å². The molecule has 8 nitrogen and oxygen atoms in total. The van der Waals surface area contributed by atoms with Gasteiger partial charge in [0.15, 0.2) is 0 Å². The molecule has 8 heteroatoms. The Morgan fingerprint density at radius 1 is 1.12 bits per heavy atom. The van der Waals surface area contributed by atoms with Crippen LogP contribution in [0.15, 0.2) is 43.1 Å². The number of hydrogen-bond donors (Lipinski definition) is 1. The highest BCUT2D eigenvalue weighted by molar-refractivity contribution is 6.02. The minimum absolute atomic E-state index is 0.173. The van der Waals surface area contributed by atoms with Gasteiger partial charge in [-0.05, 0) is 25.0 Å². The van der Waals surface area contributed by atoms with Gasteiger partial charge in [0.2, 0.25) is 0 Å². The number of anilines is 1. The molecule has 1 atom stereocenters. The van der Waals surface area contributed by atoms with E-state index in [4.69, 9.17) is 0 Å². The molecule has 0 aliphatic carbocycles. The van der Waals surface area contributed by atoms with Gasteiger partial charge in [-0.3, -0.25) is 9.36 Å². The molecule has 0 fully saturated rings. The summed E-state index contributed by atoms with van der Waals surface area (Å²) in [6, 6.07) is 7.17. The maximum absolute atomic E-state index is 12.5. The van der Waals surface area contributed by atoms with Crippen LogP contribution in [0.4, 0.5) is 5.82 Å². The quantitative estimate of drug-likeness (QED) is 0.777. The molecule has 0 saturated carbocycles. The fourth-order valence-corrected chi connectivity index (χ4v) is 2.21. The molecule has 24 heavy (non-hydrogen) atoms. The minimum Gasteiger partial charge on any atom is -0.305 e. The van der Waals surface area contributed by atoms with Crippen molar-refractivity contribution in [1.82, 2.24) is 29.5 Å². The van der Waals surface area contributed by atoms with Gasteiger partial charge < -0.3 is 5.32 Å². The number of aromatic nitrogens is 6. The smallest absolute Gasteiger partial charge is 0.275 e. The van der Waals surface area contributed by atoms with E-state index in [0.29, 0.717) is 23.2 Å². The fourth-order valence-electron chi connectivity index (χ4n) is 2.21. The molecule has 0 saturated heterocycles. The summed E-state index contributed by atoms with van der Waals surface area (Å²) >= 11 is 0. The van der Waals surface area contributed by atoms with Crippen LogP contribution in [0, 0.1) is 5.92 Å². The van der Waals surface area contributed by atoms with E-state index in [1.807, 2.05) is 4.68 Å². The van der Waals surface area contributed by atoms with E-state index < -0.39 is 0 Å². The molecular weight excluding hydrogens is 306 g/mol. The fraction of sp³-hybridized carbons (Fsp3) is 0.312. The summed E-state index contributed by atoms with van der Waals surface area (Å²) < 4.78 is 3.45. The molecule has 3 heterocycles. The van der Waals surface area contributed by atoms with Crippen molar-refractivity contribution in [2.75, 3.05) is 5.32 Å². The maximum Gasteiger partial charge on any atom is 0.275 e. The normalized spacial score (nSPS) is 12.3. The molecule has 0 aliphatic heterocycles. The van der Waals surface area contributed by atoms with E-state index in [1.54, 1.807) is 35.0 Å². The van der Waals surface area contributed by atoms with Crippen LogP contribution in [-0.4, -0.2) is 35.4 Å². The lowest BCUT2D eigenvalue weighted by Crippen LogP contribution is -2.20. The molecule has 0 aliphatic rings. The second-order valence-electron chi connectivity index (χ2n) is 5.85. The van der Waals surface area contributed by atoms with Crippen LogP contribution in [0.1, 0.15) is 37.3 Å². The molecule has 3 aromatic rings. The summed E-state index contributed by atoms with van der Waals surface area (Å²) in [7, 11) is 0. The van der Waals surface area contributed by atoms with Crippen molar-refractivity contribution in [3.05, 3.63) is 48.8 Å². The van der Waals surface area contributed by atoms with Gasteiger partial charge in [-0.15, -0.1) is 10.2 Å². The number of rotatable bonds is 5. The molecule has 1 amide bonds. The summed E-state index contributed by atoms with van der Waals surface area (Å²) in [5.41, 5.74) is 0.311. The van der Waals surface area contributed by atoms with Crippen molar-refractivity contribution >= 4 is 11.7 Å². The maximum atomic E-state index is 12.5. The van der Waals surface area contributed by atoms with Crippen LogP contribution in [-0.2, 0) is 0 Å². The first-order valence-electron chi connectivity index (χ1n) is 7.73. The summed E-state index contributed by atoms with van der Waals surface area (Å²) in [5.74, 6) is 1.34. The molecular formula is C16H19N7O. The Balaban J connectivity index is 1.82. The Labute approximate surface area is 139 Å². The van der Waals surface area contributed by atoms with E-state index in [-0.39, 0.29) is 11.9 Å². The molecule has 1 N–H and O–H groups in total. The lowest BCUT2D eigenvalue weighted by molar-refractivity contribution is 0.102. The van der Waals surface area contributed by atoms with E-state index in [2.05, 4.69) is 46.4 Å². The highest BCUT2D eigenvalue weighted by Crippen LogP contribution is 2.21. The Kier molecular flexibility index (Phi) is 4.37. The largest absolute Gasteiger partial charge is 0.305 e. The van der Waals surface area contributed by atoms with Crippen molar-refractivity contribution in [3.8, 4) is 5.82 Å². The van der Waals surface area contributed by atoms with Crippen molar-refractivity contribution in [1.29, 1.82) is 0 Å². The summed E-state index contributed by atoms with van der Waals surface area (Å²) in [6.07, 6.45) is 4.74. The van der Waals surface area contributed by atoms with Crippen molar-refractivity contribution in [2.45, 2.75) is 26.8 Å². The predicted molar refractivity (Wildman–Crippen MR) is 88.9 cm³/mol. The van der Waals surface area contributed by atoms with Crippen LogP contribution in [0.3, 0.4) is 0 Å². The van der Waals surface area contributed by atoms with Crippen LogP contribution < -0.4 is 5.32 Å². The number of carbonyl (C=O) groups excluding carboxylic acids is 1. The second kappa shape index (κ2) is 6.61. The van der Waals surface area contributed by atoms with Gasteiger partial charge in [0, 0.05) is 6.07 Å². The first-order chi connectivity index (χ1) is 11.6. The number of pyridine rings is 1. The number of amides is 1. The highest BCUT2D eigenvalue weighted by Gasteiger charge is 2.16. The van der Waals surface area contributed by atoms with E-state index >= 15 is 0 Å². The zero-order valence-electron chi connectivity index (χ0n) is 13.8. The van der Waals surface area contributed by atoms with E-state index in [9.17, 15) is 4.79 Å². The van der Waals surface area contributed by atoms with Gasteiger partial charge in [0.1, 0.15) is 30.0 Å².